The number of hydrogen-bond acceptors (Lipinski definition) is 3. The van der Waals surface area contributed by atoms with Crippen molar-refractivity contribution in [1.82, 2.24) is 15.1 Å². The van der Waals surface area contributed by atoms with Crippen LogP contribution in [0.1, 0.15) is 88.3 Å². The monoisotopic (exact) mass is 409 g/mol. The predicted octanol–water partition coefficient (Wildman–Crippen LogP) is 4.57. The number of H-pyrrole nitrogens is 1. The normalized spacial score (nSPS) is 28.9. The van der Waals surface area contributed by atoms with Gasteiger partial charge in [-0.05, 0) is 61.5 Å². The Morgan fingerprint density at radius 2 is 2.07 bits per heavy atom. The van der Waals surface area contributed by atoms with Crippen LogP contribution in [0.5, 0.6) is 0 Å². The highest BCUT2D eigenvalue weighted by Gasteiger charge is 2.55. The van der Waals surface area contributed by atoms with E-state index in [1.165, 1.54) is 23.8 Å². The minimum atomic E-state index is -0.714. The van der Waals surface area contributed by atoms with Gasteiger partial charge in [0.2, 0.25) is 5.91 Å². The third-order valence-corrected chi connectivity index (χ3v) is 7.71. The number of carboxylic acids is 1. The highest BCUT2D eigenvalue weighted by molar-refractivity contribution is 5.87. The minimum absolute atomic E-state index is 0.0747. The Labute approximate surface area is 177 Å². The summed E-state index contributed by atoms with van der Waals surface area (Å²) in [6, 6.07) is 6.71. The summed E-state index contributed by atoms with van der Waals surface area (Å²) in [5.41, 5.74) is 3.37. The standard InChI is InChI=1S/C24H31N3O3/c1-3-16-10-24(13-21(29)30)11-17(12-24)27(16)20(28)9-14(2)23-22-18(15-7-8-15)5-4-6-19(22)25-26-23/h4-6,14-17H,3,7-13H2,1-2H3,(H,25,26)(H,29,30). The van der Waals surface area contributed by atoms with Crippen LogP contribution in [0.3, 0.4) is 0 Å². The second kappa shape index (κ2) is 7.10. The van der Waals surface area contributed by atoms with Gasteiger partial charge in [0.25, 0.3) is 0 Å². The molecule has 6 nitrogen and oxygen atoms in total. The molecule has 2 bridgehead atoms. The van der Waals surface area contributed by atoms with E-state index in [1.807, 2.05) is 6.07 Å². The molecule has 1 amide bonds. The van der Waals surface area contributed by atoms with E-state index in [4.69, 9.17) is 0 Å². The molecule has 6 rings (SSSR count). The van der Waals surface area contributed by atoms with Crippen molar-refractivity contribution in [2.45, 2.75) is 89.1 Å². The molecule has 4 aliphatic rings. The van der Waals surface area contributed by atoms with E-state index < -0.39 is 5.97 Å². The molecule has 2 saturated carbocycles. The number of nitrogens with zero attached hydrogens (tertiary/aromatic N) is 2. The zero-order chi connectivity index (χ0) is 21.0. The van der Waals surface area contributed by atoms with E-state index in [9.17, 15) is 14.7 Å². The second-order valence-corrected chi connectivity index (χ2v) is 9.96. The van der Waals surface area contributed by atoms with Gasteiger partial charge in [0, 0.05) is 35.5 Å². The summed E-state index contributed by atoms with van der Waals surface area (Å²) >= 11 is 0. The SMILES string of the molecule is CCC1CC2(CC(=O)O)CC(C2)N1C(=O)CC(C)c1[nH]nc2cccc(C3CC3)c12. The van der Waals surface area contributed by atoms with Crippen LogP contribution >= 0.6 is 0 Å². The van der Waals surface area contributed by atoms with Crippen molar-refractivity contribution in [1.29, 1.82) is 0 Å². The van der Waals surface area contributed by atoms with Crippen LogP contribution in [-0.4, -0.2) is 44.2 Å². The molecule has 2 aliphatic carbocycles. The summed E-state index contributed by atoms with van der Waals surface area (Å²) in [6.45, 7) is 4.23. The minimum Gasteiger partial charge on any atom is -0.481 e. The number of hydrogen-bond donors (Lipinski definition) is 2. The Morgan fingerprint density at radius 1 is 1.30 bits per heavy atom. The molecule has 2 aromatic rings. The van der Waals surface area contributed by atoms with E-state index in [0.717, 1.165) is 36.9 Å². The van der Waals surface area contributed by atoms with E-state index >= 15 is 0 Å². The lowest BCUT2D eigenvalue weighted by Crippen LogP contribution is -2.64. The summed E-state index contributed by atoms with van der Waals surface area (Å²) in [5.74, 6) is 0.200. The number of fused-ring (bicyclic) bond motifs is 3. The van der Waals surface area contributed by atoms with E-state index in [1.54, 1.807) is 0 Å². The number of benzene rings is 1. The molecule has 30 heavy (non-hydrogen) atoms. The zero-order valence-corrected chi connectivity index (χ0v) is 17.9. The number of carboxylic acid groups (broad SMARTS) is 1. The molecule has 2 atom stereocenters. The van der Waals surface area contributed by atoms with Gasteiger partial charge < -0.3 is 10.0 Å². The third kappa shape index (κ3) is 3.21. The molecule has 0 spiro atoms. The first-order valence-electron chi connectivity index (χ1n) is 11.4. The summed E-state index contributed by atoms with van der Waals surface area (Å²) in [7, 11) is 0. The quantitative estimate of drug-likeness (QED) is 0.701. The zero-order valence-electron chi connectivity index (χ0n) is 17.9. The summed E-state index contributed by atoms with van der Waals surface area (Å²) in [5, 5.41) is 18.2. The fourth-order valence-electron chi connectivity index (χ4n) is 6.17. The molecule has 4 fully saturated rings. The molecule has 3 heterocycles. The predicted molar refractivity (Wildman–Crippen MR) is 114 cm³/mol. The van der Waals surface area contributed by atoms with Crippen molar-refractivity contribution in [3.05, 3.63) is 29.5 Å². The van der Waals surface area contributed by atoms with Crippen LogP contribution in [0.2, 0.25) is 0 Å². The third-order valence-electron chi connectivity index (χ3n) is 7.71. The van der Waals surface area contributed by atoms with Gasteiger partial charge in [0.1, 0.15) is 0 Å². The summed E-state index contributed by atoms with van der Waals surface area (Å²) in [4.78, 5) is 26.8. The van der Waals surface area contributed by atoms with Gasteiger partial charge in [-0.1, -0.05) is 26.0 Å². The van der Waals surface area contributed by atoms with E-state index in [0.29, 0.717) is 12.3 Å². The number of carbonyl (C=O) groups is 2. The fraction of sp³-hybridized carbons (Fsp3) is 0.625. The van der Waals surface area contributed by atoms with Crippen LogP contribution < -0.4 is 0 Å². The van der Waals surface area contributed by atoms with Crippen LogP contribution in [-0.2, 0) is 9.59 Å². The number of aromatic amines is 1. The first-order valence-corrected chi connectivity index (χ1v) is 11.4. The average molecular weight is 410 g/mol. The highest BCUT2D eigenvalue weighted by Crippen LogP contribution is 2.56. The smallest absolute Gasteiger partial charge is 0.303 e. The Bertz CT molecular complexity index is 987. The van der Waals surface area contributed by atoms with Crippen LogP contribution in [0.4, 0.5) is 0 Å². The average Bonchev–Trinajstić information content (AvgIpc) is 3.43. The molecule has 1 aromatic carbocycles. The van der Waals surface area contributed by atoms with Gasteiger partial charge >= 0.3 is 5.97 Å². The van der Waals surface area contributed by atoms with E-state index in [2.05, 4.69) is 41.1 Å². The number of nitrogens with one attached hydrogen (secondary N) is 1. The van der Waals surface area contributed by atoms with E-state index in [-0.39, 0.29) is 35.7 Å². The largest absolute Gasteiger partial charge is 0.481 e. The molecular weight excluding hydrogens is 378 g/mol. The van der Waals surface area contributed by atoms with Gasteiger partial charge in [0.15, 0.2) is 0 Å². The van der Waals surface area contributed by atoms with Crippen molar-refractivity contribution in [3.63, 3.8) is 0 Å². The number of carbonyl (C=O) groups excluding carboxylic acids is 1. The molecule has 160 valence electrons. The van der Waals surface area contributed by atoms with Crippen molar-refractivity contribution in [3.8, 4) is 0 Å². The molecular formula is C24H31N3O3. The lowest BCUT2D eigenvalue weighted by Gasteiger charge is -2.60. The van der Waals surface area contributed by atoms with Crippen molar-refractivity contribution < 1.29 is 14.7 Å². The summed E-state index contributed by atoms with van der Waals surface area (Å²) in [6.07, 6.45) is 6.58. The maximum atomic E-state index is 13.4. The number of rotatable bonds is 7. The van der Waals surface area contributed by atoms with Crippen molar-refractivity contribution in [2.24, 2.45) is 5.41 Å². The maximum Gasteiger partial charge on any atom is 0.303 e. The lowest BCUT2D eigenvalue weighted by molar-refractivity contribution is -0.164. The van der Waals surface area contributed by atoms with Crippen LogP contribution in [0, 0.1) is 5.41 Å². The highest BCUT2D eigenvalue weighted by atomic mass is 16.4. The lowest BCUT2D eigenvalue weighted by atomic mass is 9.56. The van der Waals surface area contributed by atoms with Crippen molar-refractivity contribution >= 4 is 22.8 Å². The molecule has 0 radical (unpaired) electrons. The van der Waals surface area contributed by atoms with Gasteiger partial charge in [-0.15, -0.1) is 0 Å². The first-order chi connectivity index (χ1) is 14.4. The fourth-order valence-corrected chi connectivity index (χ4v) is 6.17. The molecule has 2 unspecified atom stereocenters. The number of amides is 1. The Balaban J connectivity index is 1.34. The topological polar surface area (TPSA) is 86.3 Å². The summed E-state index contributed by atoms with van der Waals surface area (Å²) < 4.78 is 0. The van der Waals surface area contributed by atoms with Gasteiger partial charge in [-0.2, -0.15) is 5.10 Å². The van der Waals surface area contributed by atoms with Crippen molar-refractivity contribution in [2.75, 3.05) is 0 Å². The van der Waals surface area contributed by atoms with Crippen LogP contribution in [0.15, 0.2) is 18.2 Å². The molecule has 2 aliphatic heterocycles. The second-order valence-electron chi connectivity index (χ2n) is 9.96. The molecule has 2 saturated heterocycles. The number of aromatic nitrogens is 2. The van der Waals surface area contributed by atoms with Gasteiger partial charge in [0.05, 0.1) is 11.9 Å². The molecule has 1 aromatic heterocycles. The maximum absolute atomic E-state index is 13.4. The first kappa shape index (κ1) is 19.6. The Hall–Kier alpha value is -2.37. The molecule has 6 heteroatoms. The van der Waals surface area contributed by atoms with Crippen LogP contribution in [0.25, 0.3) is 10.9 Å². The van der Waals surface area contributed by atoms with Gasteiger partial charge in [-0.3, -0.25) is 14.7 Å². The van der Waals surface area contributed by atoms with Gasteiger partial charge in [-0.25, -0.2) is 0 Å². The molecule has 2 N–H and O–H groups in total. The Kier molecular flexibility index (Phi) is 4.64. The number of aliphatic carboxylic acids is 1. The number of piperidine rings is 2. The Morgan fingerprint density at radius 3 is 2.73 bits per heavy atom.